The Kier molecular flexibility index (Phi) is 5.74. The molecule has 0 bridgehead atoms. The monoisotopic (exact) mass is 367 g/mol. The molecule has 0 saturated heterocycles. The van der Waals surface area contributed by atoms with Crippen LogP contribution in [0.4, 0.5) is 0 Å². The highest BCUT2D eigenvalue weighted by Gasteiger charge is 2.11. The van der Waals surface area contributed by atoms with Gasteiger partial charge in [-0.1, -0.05) is 42.0 Å². The number of amides is 1. The SMILES string of the molecule is C=C(C)Cn1c(CCCNC(=O)c2cccc(Cl)c2)nc2ccccc21. The van der Waals surface area contributed by atoms with Crippen LogP contribution in [0.2, 0.25) is 5.02 Å². The number of nitrogens with one attached hydrogen (secondary N) is 1. The number of aryl methyl sites for hydroxylation is 1. The summed E-state index contributed by atoms with van der Waals surface area (Å²) in [6, 6.07) is 15.1. The van der Waals surface area contributed by atoms with Crippen LogP contribution in [-0.2, 0) is 13.0 Å². The first kappa shape index (κ1) is 18.2. The van der Waals surface area contributed by atoms with Crippen molar-refractivity contribution in [1.82, 2.24) is 14.9 Å². The lowest BCUT2D eigenvalue weighted by Gasteiger charge is -2.09. The van der Waals surface area contributed by atoms with Crippen LogP contribution in [0.5, 0.6) is 0 Å². The summed E-state index contributed by atoms with van der Waals surface area (Å²) in [4.78, 5) is 16.9. The van der Waals surface area contributed by atoms with E-state index in [1.54, 1.807) is 24.3 Å². The molecule has 0 spiro atoms. The number of benzene rings is 2. The van der Waals surface area contributed by atoms with E-state index in [2.05, 4.69) is 22.5 Å². The number of carbonyl (C=O) groups excluding carboxylic acids is 1. The lowest BCUT2D eigenvalue weighted by atomic mass is 10.2. The van der Waals surface area contributed by atoms with Crippen molar-refractivity contribution in [3.8, 4) is 0 Å². The van der Waals surface area contributed by atoms with Gasteiger partial charge in [-0.25, -0.2) is 4.98 Å². The first-order valence-electron chi connectivity index (χ1n) is 8.67. The van der Waals surface area contributed by atoms with Crippen molar-refractivity contribution in [1.29, 1.82) is 0 Å². The second kappa shape index (κ2) is 8.19. The summed E-state index contributed by atoms with van der Waals surface area (Å²) >= 11 is 5.93. The average molecular weight is 368 g/mol. The molecule has 1 heterocycles. The van der Waals surface area contributed by atoms with Gasteiger partial charge in [-0.15, -0.1) is 0 Å². The number of allylic oxidation sites excluding steroid dienone is 1. The normalized spacial score (nSPS) is 10.8. The zero-order valence-corrected chi connectivity index (χ0v) is 15.6. The predicted octanol–water partition coefficient (Wildman–Crippen LogP) is 4.63. The minimum Gasteiger partial charge on any atom is -0.352 e. The zero-order valence-electron chi connectivity index (χ0n) is 14.8. The topological polar surface area (TPSA) is 46.9 Å². The molecule has 0 unspecified atom stereocenters. The second-order valence-corrected chi connectivity index (χ2v) is 6.87. The van der Waals surface area contributed by atoms with Gasteiger partial charge in [0, 0.05) is 30.1 Å². The van der Waals surface area contributed by atoms with Crippen LogP contribution in [0.15, 0.2) is 60.7 Å². The molecule has 0 aliphatic carbocycles. The fourth-order valence-electron chi connectivity index (χ4n) is 2.94. The van der Waals surface area contributed by atoms with E-state index in [4.69, 9.17) is 16.6 Å². The molecule has 2 aromatic carbocycles. The number of nitrogens with zero attached hydrogens (tertiary/aromatic N) is 2. The number of hydrogen-bond donors (Lipinski definition) is 1. The standard InChI is InChI=1S/C21H22ClN3O/c1-15(2)14-25-19-10-4-3-9-18(19)24-20(25)11-6-12-23-21(26)16-7-5-8-17(22)13-16/h3-5,7-10,13H,1,6,11-12,14H2,2H3,(H,23,26). The summed E-state index contributed by atoms with van der Waals surface area (Å²) in [6.45, 7) is 7.38. The molecule has 0 radical (unpaired) electrons. The Morgan fingerprint density at radius 2 is 2.04 bits per heavy atom. The molecule has 0 atom stereocenters. The summed E-state index contributed by atoms with van der Waals surface area (Å²) in [5.41, 5.74) is 3.77. The molecule has 0 saturated carbocycles. The predicted molar refractivity (Wildman–Crippen MR) is 107 cm³/mol. The molecule has 0 fully saturated rings. The highest BCUT2D eigenvalue weighted by atomic mass is 35.5. The van der Waals surface area contributed by atoms with Crippen LogP contribution in [0.25, 0.3) is 11.0 Å². The number of halogens is 1. The van der Waals surface area contributed by atoms with Gasteiger partial charge in [-0.05, 0) is 43.7 Å². The zero-order chi connectivity index (χ0) is 18.5. The smallest absolute Gasteiger partial charge is 0.251 e. The highest BCUT2D eigenvalue weighted by Crippen LogP contribution is 2.18. The molecule has 26 heavy (non-hydrogen) atoms. The van der Waals surface area contributed by atoms with Gasteiger partial charge in [0.15, 0.2) is 0 Å². The molecule has 134 valence electrons. The molecule has 0 aliphatic heterocycles. The van der Waals surface area contributed by atoms with E-state index in [-0.39, 0.29) is 5.91 Å². The number of para-hydroxylation sites is 2. The lowest BCUT2D eigenvalue weighted by Crippen LogP contribution is -2.25. The van der Waals surface area contributed by atoms with E-state index in [9.17, 15) is 4.79 Å². The van der Waals surface area contributed by atoms with Gasteiger partial charge >= 0.3 is 0 Å². The summed E-state index contributed by atoms with van der Waals surface area (Å²) in [5, 5.41) is 3.50. The summed E-state index contributed by atoms with van der Waals surface area (Å²) in [6.07, 6.45) is 1.60. The summed E-state index contributed by atoms with van der Waals surface area (Å²) in [7, 11) is 0. The fraction of sp³-hybridized carbons (Fsp3) is 0.238. The van der Waals surface area contributed by atoms with E-state index in [0.717, 1.165) is 41.8 Å². The van der Waals surface area contributed by atoms with Gasteiger partial charge < -0.3 is 9.88 Å². The Bertz CT molecular complexity index is 945. The largest absolute Gasteiger partial charge is 0.352 e. The minimum absolute atomic E-state index is 0.108. The fourth-order valence-corrected chi connectivity index (χ4v) is 3.13. The Morgan fingerprint density at radius 1 is 1.23 bits per heavy atom. The van der Waals surface area contributed by atoms with Gasteiger partial charge in [-0.2, -0.15) is 0 Å². The van der Waals surface area contributed by atoms with Crippen molar-refractivity contribution in [3.05, 3.63) is 77.1 Å². The van der Waals surface area contributed by atoms with Crippen molar-refractivity contribution in [3.63, 3.8) is 0 Å². The van der Waals surface area contributed by atoms with Gasteiger partial charge in [0.2, 0.25) is 0 Å². The lowest BCUT2D eigenvalue weighted by molar-refractivity contribution is 0.0953. The molecule has 1 amide bonds. The molecule has 3 rings (SSSR count). The van der Waals surface area contributed by atoms with Crippen LogP contribution >= 0.6 is 11.6 Å². The third-order valence-corrected chi connectivity index (χ3v) is 4.35. The molecule has 1 aromatic heterocycles. The summed E-state index contributed by atoms with van der Waals surface area (Å²) in [5.74, 6) is 0.911. The number of aromatic nitrogens is 2. The number of fused-ring (bicyclic) bond motifs is 1. The minimum atomic E-state index is -0.108. The van der Waals surface area contributed by atoms with Crippen molar-refractivity contribution in [2.75, 3.05) is 6.54 Å². The maximum Gasteiger partial charge on any atom is 0.251 e. The molecule has 1 N–H and O–H groups in total. The third kappa shape index (κ3) is 4.33. The van der Waals surface area contributed by atoms with Gasteiger partial charge in [0.1, 0.15) is 5.82 Å². The van der Waals surface area contributed by atoms with Crippen LogP contribution < -0.4 is 5.32 Å². The van der Waals surface area contributed by atoms with Crippen LogP contribution in [0, 0.1) is 0 Å². The van der Waals surface area contributed by atoms with Crippen LogP contribution in [0.1, 0.15) is 29.5 Å². The number of carbonyl (C=O) groups is 1. The van der Waals surface area contributed by atoms with E-state index in [0.29, 0.717) is 17.1 Å². The Morgan fingerprint density at radius 3 is 2.81 bits per heavy atom. The van der Waals surface area contributed by atoms with Gasteiger partial charge in [-0.3, -0.25) is 4.79 Å². The molecule has 5 heteroatoms. The Labute approximate surface area is 158 Å². The number of hydrogen-bond acceptors (Lipinski definition) is 2. The second-order valence-electron chi connectivity index (χ2n) is 6.43. The van der Waals surface area contributed by atoms with Gasteiger partial charge in [0.05, 0.1) is 11.0 Å². The van der Waals surface area contributed by atoms with E-state index in [1.165, 1.54) is 0 Å². The average Bonchev–Trinajstić information content (AvgIpc) is 2.95. The highest BCUT2D eigenvalue weighted by molar-refractivity contribution is 6.30. The maximum atomic E-state index is 12.2. The van der Waals surface area contributed by atoms with E-state index < -0.39 is 0 Å². The van der Waals surface area contributed by atoms with Crippen LogP contribution in [0.3, 0.4) is 0 Å². The molecular weight excluding hydrogens is 346 g/mol. The molecular formula is C21H22ClN3O. The van der Waals surface area contributed by atoms with Crippen molar-refractivity contribution in [2.24, 2.45) is 0 Å². The first-order chi connectivity index (χ1) is 12.5. The molecule has 4 nitrogen and oxygen atoms in total. The van der Waals surface area contributed by atoms with Crippen molar-refractivity contribution < 1.29 is 4.79 Å². The third-order valence-electron chi connectivity index (χ3n) is 4.11. The first-order valence-corrected chi connectivity index (χ1v) is 9.04. The summed E-state index contributed by atoms with van der Waals surface area (Å²) < 4.78 is 2.20. The van der Waals surface area contributed by atoms with Gasteiger partial charge in [0.25, 0.3) is 5.91 Å². The molecule has 3 aromatic rings. The molecule has 0 aliphatic rings. The van der Waals surface area contributed by atoms with E-state index in [1.807, 2.05) is 25.1 Å². The quantitative estimate of drug-likeness (QED) is 0.489. The van der Waals surface area contributed by atoms with Crippen molar-refractivity contribution in [2.45, 2.75) is 26.3 Å². The maximum absolute atomic E-state index is 12.2. The number of rotatable bonds is 7. The number of imidazole rings is 1. The Hall–Kier alpha value is -2.59. The van der Waals surface area contributed by atoms with Crippen molar-refractivity contribution >= 4 is 28.5 Å². The van der Waals surface area contributed by atoms with E-state index >= 15 is 0 Å². The van der Waals surface area contributed by atoms with Crippen LogP contribution in [-0.4, -0.2) is 22.0 Å². The Balaban J connectivity index is 1.63.